The molecule has 0 spiro atoms. The monoisotopic (exact) mass is 266 g/mol. The number of piperidine rings is 1. The van der Waals surface area contributed by atoms with Gasteiger partial charge in [-0.1, -0.05) is 6.92 Å². The van der Waals surface area contributed by atoms with Crippen LogP contribution in [0.3, 0.4) is 0 Å². The number of benzene rings is 1. The Hall–Kier alpha value is -1.29. The van der Waals surface area contributed by atoms with Crippen LogP contribution in [0.1, 0.15) is 33.1 Å². The molecule has 1 aliphatic heterocycles. The highest BCUT2D eigenvalue weighted by Gasteiger charge is 2.21. The maximum absolute atomic E-state index is 13.5. The van der Waals surface area contributed by atoms with Gasteiger partial charge in [0.15, 0.2) is 0 Å². The SMILES string of the molecule is CCC(C)Oc1ccc(F)cc1N1CCCC(N)C1. The molecule has 0 amide bonds. The van der Waals surface area contributed by atoms with Gasteiger partial charge in [0.05, 0.1) is 11.8 Å². The lowest BCUT2D eigenvalue weighted by Gasteiger charge is -2.34. The summed E-state index contributed by atoms with van der Waals surface area (Å²) in [5, 5.41) is 0. The van der Waals surface area contributed by atoms with Gasteiger partial charge in [0.25, 0.3) is 0 Å². The van der Waals surface area contributed by atoms with Crippen LogP contribution in [-0.4, -0.2) is 25.2 Å². The Balaban J connectivity index is 2.23. The zero-order valence-electron chi connectivity index (χ0n) is 11.7. The molecule has 1 saturated heterocycles. The first kappa shape index (κ1) is 14.1. The van der Waals surface area contributed by atoms with E-state index in [0.29, 0.717) is 0 Å². The summed E-state index contributed by atoms with van der Waals surface area (Å²) < 4.78 is 19.4. The summed E-state index contributed by atoms with van der Waals surface area (Å²) in [5.74, 6) is 0.524. The van der Waals surface area contributed by atoms with Crippen molar-refractivity contribution in [2.45, 2.75) is 45.3 Å². The fraction of sp³-hybridized carbons (Fsp3) is 0.600. The third-order valence-electron chi connectivity index (χ3n) is 3.62. The summed E-state index contributed by atoms with van der Waals surface area (Å²) >= 11 is 0. The molecule has 0 saturated carbocycles. The van der Waals surface area contributed by atoms with Gasteiger partial charge in [0.2, 0.25) is 0 Å². The maximum Gasteiger partial charge on any atom is 0.143 e. The van der Waals surface area contributed by atoms with Crippen LogP contribution >= 0.6 is 0 Å². The molecular formula is C15H23FN2O. The van der Waals surface area contributed by atoms with Crippen LogP contribution in [0.15, 0.2) is 18.2 Å². The van der Waals surface area contributed by atoms with Crippen LogP contribution in [0.25, 0.3) is 0 Å². The van der Waals surface area contributed by atoms with Gasteiger partial charge in [-0.15, -0.1) is 0 Å². The maximum atomic E-state index is 13.5. The van der Waals surface area contributed by atoms with E-state index >= 15 is 0 Å². The summed E-state index contributed by atoms with van der Waals surface area (Å²) in [6.07, 6.45) is 3.13. The second-order valence-electron chi connectivity index (χ2n) is 5.30. The third-order valence-corrected chi connectivity index (χ3v) is 3.62. The average Bonchev–Trinajstić information content (AvgIpc) is 2.40. The highest BCUT2D eigenvalue weighted by molar-refractivity contribution is 5.59. The predicted octanol–water partition coefficient (Wildman–Crippen LogP) is 2.93. The number of nitrogens with zero attached hydrogens (tertiary/aromatic N) is 1. The van der Waals surface area contributed by atoms with E-state index in [0.717, 1.165) is 43.8 Å². The van der Waals surface area contributed by atoms with Crippen LogP contribution < -0.4 is 15.4 Å². The number of rotatable bonds is 4. The number of nitrogens with two attached hydrogens (primary N) is 1. The fourth-order valence-corrected chi connectivity index (χ4v) is 2.37. The number of hydrogen-bond donors (Lipinski definition) is 1. The molecule has 1 aromatic rings. The molecule has 19 heavy (non-hydrogen) atoms. The zero-order valence-corrected chi connectivity index (χ0v) is 11.7. The van der Waals surface area contributed by atoms with Gasteiger partial charge < -0.3 is 15.4 Å². The van der Waals surface area contributed by atoms with Gasteiger partial charge in [-0.2, -0.15) is 0 Å². The third kappa shape index (κ3) is 3.60. The molecule has 2 atom stereocenters. The topological polar surface area (TPSA) is 38.5 Å². The molecule has 1 aliphatic rings. The van der Waals surface area contributed by atoms with E-state index in [4.69, 9.17) is 10.5 Å². The van der Waals surface area contributed by atoms with E-state index in [-0.39, 0.29) is 18.0 Å². The molecule has 1 heterocycles. The van der Waals surface area contributed by atoms with Crippen molar-refractivity contribution in [3.8, 4) is 5.75 Å². The fourth-order valence-electron chi connectivity index (χ4n) is 2.37. The molecule has 4 heteroatoms. The molecule has 1 fully saturated rings. The minimum atomic E-state index is -0.231. The van der Waals surface area contributed by atoms with Crippen LogP contribution in [-0.2, 0) is 0 Å². The second kappa shape index (κ2) is 6.24. The van der Waals surface area contributed by atoms with Crippen LogP contribution in [0.4, 0.5) is 10.1 Å². The zero-order chi connectivity index (χ0) is 13.8. The minimum Gasteiger partial charge on any atom is -0.489 e. The molecule has 106 valence electrons. The van der Waals surface area contributed by atoms with Crippen LogP contribution in [0.2, 0.25) is 0 Å². The molecule has 1 aromatic carbocycles. The molecule has 0 aliphatic carbocycles. The number of hydrogen-bond acceptors (Lipinski definition) is 3. The van der Waals surface area contributed by atoms with E-state index in [1.165, 1.54) is 6.07 Å². The van der Waals surface area contributed by atoms with Crippen LogP contribution in [0, 0.1) is 5.82 Å². The van der Waals surface area contributed by atoms with Gasteiger partial charge in [-0.3, -0.25) is 0 Å². The average molecular weight is 266 g/mol. The van der Waals surface area contributed by atoms with E-state index in [1.807, 2.05) is 6.92 Å². The van der Waals surface area contributed by atoms with Crippen molar-refractivity contribution in [3.05, 3.63) is 24.0 Å². The van der Waals surface area contributed by atoms with E-state index in [2.05, 4.69) is 11.8 Å². The summed E-state index contributed by atoms with van der Waals surface area (Å²) in [5.41, 5.74) is 6.83. The largest absolute Gasteiger partial charge is 0.489 e. The number of anilines is 1. The van der Waals surface area contributed by atoms with Crippen molar-refractivity contribution in [2.75, 3.05) is 18.0 Å². The first-order valence-corrected chi connectivity index (χ1v) is 7.07. The lowest BCUT2D eigenvalue weighted by molar-refractivity contribution is 0.217. The van der Waals surface area contributed by atoms with Crippen molar-refractivity contribution in [1.82, 2.24) is 0 Å². The van der Waals surface area contributed by atoms with E-state index < -0.39 is 0 Å². The van der Waals surface area contributed by atoms with Crippen molar-refractivity contribution in [2.24, 2.45) is 5.73 Å². The molecule has 0 aromatic heterocycles. The summed E-state index contributed by atoms with van der Waals surface area (Å²) in [6, 6.07) is 4.88. The van der Waals surface area contributed by atoms with Gasteiger partial charge >= 0.3 is 0 Å². The molecule has 3 nitrogen and oxygen atoms in total. The smallest absolute Gasteiger partial charge is 0.143 e. The van der Waals surface area contributed by atoms with Gasteiger partial charge in [-0.05, 0) is 38.3 Å². The Kier molecular flexibility index (Phi) is 4.64. The van der Waals surface area contributed by atoms with E-state index in [9.17, 15) is 4.39 Å². The van der Waals surface area contributed by atoms with Crippen LogP contribution in [0.5, 0.6) is 5.75 Å². The standard InChI is InChI=1S/C15H23FN2O/c1-3-11(2)19-15-7-6-12(16)9-14(15)18-8-4-5-13(17)10-18/h6-7,9,11,13H,3-5,8,10,17H2,1-2H3. The van der Waals surface area contributed by atoms with Gasteiger partial charge in [-0.25, -0.2) is 4.39 Å². The highest BCUT2D eigenvalue weighted by Crippen LogP contribution is 2.32. The van der Waals surface area contributed by atoms with Crippen molar-refractivity contribution < 1.29 is 9.13 Å². The highest BCUT2D eigenvalue weighted by atomic mass is 19.1. The molecule has 2 unspecified atom stereocenters. The Morgan fingerprint density at radius 1 is 1.53 bits per heavy atom. The lowest BCUT2D eigenvalue weighted by Crippen LogP contribution is -2.43. The first-order chi connectivity index (χ1) is 9.10. The Morgan fingerprint density at radius 3 is 3.00 bits per heavy atom. The van der Waals surface area contributed by atoms with Gasteiger partial charge in [0, 0.05) is 25.2 Å². The molecule has 2 rings (SSSR count). The second-order valence-corrected chi connectivity index (χ2v) is 5.30. The number of ether oxygens (including phenoxy) is 1. The Bertz CT molecular complexity index is 425. The summed E-state index contributed by atoms with van der Waals surface area (Å²) in [7, 11) is 0. The molecule has 0 radical (unpaired) electrons. The van der Waals surface area contributed by atoms with Crippen molar-refractivity contribution in [3.63, 3.8) is 0 Å². The Morgan fingerprint density at radius 2 is 2.32 bits per heavy atom. The van der Waals surface area contributed by atoms with Crippen molar-refractivity contribution >= 4 is 5.69 Å². The molecule has 2 N–H and O–H groups in total. The normalized spacial score (nSPS) is 21.3. The Labute approximate surface area is 114 Å². The number of halogens is 1. The van der Waals surface area contributed by atoms with E-state index in [1.54, 1.807) is 12.1 Å². The predicted molar refractivity (Wildman–Crippen MR) is 76.2 cm³/mol. The summed E-state index contributed by atoms with van der Waals surface area (Å²) in [4.78, 5) is 2.13. The molecule has 0 bridgehead atoms. The first-order valence-electron chi connectivity index (χ1n) is 7.07. The van der Waals surface area contributed by atoms with Crippen molar-refractivity contribution in [1.29, 1.82) is 0 Å². The minimum absolute atomic E-state index is 0.127. The summed E-state index contributed by atoms with van der Waals surface area (Å²) in [6.45, 7) is 5.77. The quantitative estimate of drug-likeness (QED) is 0.910. The lowest BCUT2D eigenvalue weighted by atomic mass is 10.1. The molecular weight excluding hydrogens is 243 g/mol. The van der Waals surface area contributed by atoms with Gasteiger partial charge in [0.1, 0.15) is 11.6 Å².